The summed E-state index contributed by atoms with van der Waals surface area (Å²) in [7, 11) is -4.28. The lowest BCUT2D eigenvalue weighted by molar-refractivity contribution is -0.525. The molecule has 0 aliphatic carbocycles. The van der Waals surface area contributed by atoms with E-state index in [1.807, 2.05) is 19.1 Å². The Labute approximate surface area is 149 Å². The zero-order valence-electron chi connectivity index (χ0n) is 14.7. The summed E-state index contributed by atoms with van der Waals surface area (Å²) < 4.78 is 32.2. The highest BCUT2D eigenvalue weighted by Crippen LogP contribution is 2.09. The van der Waals surface area contributed by atoms with Gasteiger partial charge in [0.1, 0.15) is 38.0 Å². The summed E-state index contributed by atoms with van der Waals surface area (Å²) in [6, 6.07) is 0. The molecule has 3 N–H and O–H groups in total. The fourth-order valence-electron chi connectivity index (χ4n) is 2.90. The first-order valence-corrected chi connectivity index (χ1v) is 10.1. The van der Waals surface area contributed by atoms with Crippen molar-refractivity contribution in [3.63, 3.8) is 0 Å². The maximum Gasteiger partial charge on any atom is 0.316 e. The largest absolute Gasteiger partial charge is 0.392 e. The Bertz CT molecular complexity index is 600. The van der Waals surface area contributed by atoms with E-state index in [2.05, 4.69) is 0 Å². The first kappa shape index (κ1) is 21.8. The number of Topliss-reactive ketones (excluding diaryl/α,β-unsaturated/α-hetero) is 1. The van der Waals surface area contributed by atoms with Gasteiger partial charge < -0.3 is 10.2 Å². The first-order valence-electron chi connectivity index (χ1n) is 8.53. The van der Waals surface area contributed by atoms with E-state index in [1.54, 1.807) is 9.48 Å². The van der Waals surface area contributed by atoms with Gasteiger partial charge in [0.25, 0.3) is 10.1 Å². The van der Waals surface area contributed by atoms with Crippen LogP contribution in [0.3, 0.4) is 0 Å². The third-order valence-electron chi connectivity index (χ3n) is 3.95. The molecule has 0 spiro atoms. The molecule has 0 fully saturated rings. The molecule has 0 aromatic rings. The van der Waals surface area contributed by atoms with Gasteiger partial charge in [-0.15, -0.1) is 0 Å². The Morgan fingerprint density at radius 3 is 2.72 bits per heavy atom. The third kappa shape index (κ3) is 8.08. The molecule has 9 heteroatoms. The van der Waals surface area contributed by atoms with Gasteiger partial charge in [0.05, 0.1) is 6.61 Å². The second-order valence-electron chi connectivity index (χ2n) is 6.12. The summed E-state index contributed by atoms with van der Waals surface area (Å²) in [4.78, 5) is 14.3. The third-order valence-corrected chi connectivity index (χ3v) is 4.76. The standard InChI is InChI=1S/C16H28N2O6S/c1-2-3-4-5-6-7-15(21)16-17(10-11-19)8-9-18(16)12-14(20)13-25(22,23)24/h2-3,14,19-20H,4-13H2,1H3/p+1/b3-2+. The van der Waals surface area contributed by atoms with E-state index in [9.17, 15) is 18.3 Å². The van der Waals surface area contributed by atoms with Crippen LogP contribution in [0.2, 0.25) is 0 Å². The Balaban J connectivity index is 2.77. The van der Waals surface area contributed by atoms with Gasteiger partial charge in [-0.25, -0.2) is 0 Å². The summed E-state index contributed by atoms with van der Waals surface area (Å²) >= 11 is 0. The lowest BCUT2D eigenvalue weighted by Gasteiger charge is -2.13. The van der Waals surface area contributed by atoms with Crippen LogP contribution in [-0.2, 0) is 14.9 Å². The predicted octanol–water partition coefficient (Wildman–Crippen LogP) is -0.340. The van der Waals surface area contributed by atoms with E-state index in [0.29, 0.717) is 31.9 Å². The quantitative estimate of drug-likeness (QED) is 0.184. The number of β-amino-alcohol motifs (C(OH)–C–C–N with tert-alkyl or cyclic N) is 2. The van der Waals surface area contributed by atoms with Crippen LogP contribution >= 0.6 is 0 Å². The number of aliphatic hydroxyl groups excluding tert-OH is 2. The maximum atomic E-state index is 12.6. The van der Waals surface area contributed by atoms with Crippen molar-refractivity contribution in [3.8, 4) is 0 Å². The van der Waals surface area contributed by atoms with E-state index >= 15 is 0 Å². The molecule has 25 heavy (non-hydrogen) atoms. The van der Waals surface area contributed by atoms with Gasteiger partial charge in [-0.3, -0.25) is 18.8 Å². The predicted molar refractivity (Wildman–Crippen MR) is 94.4 cm³/mol. The number of rotatable bonds is 12. The molecule has 0 radical (unpaired) electrons. The molecule has 0 aromatic heterocycles. The lowest BCUT2D eigenvalue weighted by atomic mass is 10.1. The Morgan fingerprint density at radius 2 is 2.12 bits per heavy atom. The normalized spacial score (nSPS) is 16.9. The molecule has 1 atom stereocenters. The van der Waals surface area contributed by atoms with Gasteiger partial charge in [0.2, 0.25) is 5.78 Å². The molecule has 0 saturated heterocycles. The van der Waals surface area contributed by atoms with Gasteiger partial charge in [-0.05, 0) is 26.2 Å². The number of amidine groups is 1. The highest BCUT2D eigenvalue weighted by molar-refractivity contribution is 7.85. The summed E-state index contributed by atoms with van der Waals surface area (Å²) in [6.45, 7) is 3.09. The van der Waals surface area contributed by atoms with Crippen LogP contribution in [-0.4, -0.2) is 88.9 Å². The van der Waals surface area contributed by atoms with Crippen molar-refractivity contribution in [1.82, 2.24) is 4.90 Å². The average Bonchev–Trinajstić information content (AvgIpc) is 2.87. The molecule has 1 unspecified atom stereocenters. The molecule has 1 rings (SSSR count). The molecular formula is C16H29N2O6S+. The fourth-order valence-corrected chi connectivity index (χ4v) is 3.49. The summed E-state index contributed by atoms with van der Waals surface area (Å²) in [5.74, 6) is -0.436. The lowest BCUT2D eigenvalue weighted by Crippen LogP contribution is -2.40. The van der Waals surface area contributed by atoms with Gasteiger partial charge in [-0.2, -0.15) is 8.42 Å². The van der Waals surface area contributed by atoms with Crippen LogP contribution < -0.4 is 0 Å². The first-order chi connectivity index (χ1) is 11.8. The number of nitrogens with zero attached hydrogens (tertiary/aromatic N) is 2. The minimum absolute atomic E-state index is 0.0542. The molecule has 0 amide bonds. The summed E-state index contributed by atoms with van der Waals surface area (Å²) in [5, 5.41) is 19.0. The molecule has 0 aromatic carbocycles. The number of allylic oxidation sites excluding steroid dienone is 2. The number of aliphatic hydroxyl groups is 2. The number of ketones is 1. The SMILES string of the molecule is C/C=C/CCCCC(=O)C1=[N+](CC(O)CS(=O)(=O)O)CCN1CCO. The molecule has 0 saturated carbocycles. The van der Waals surface area contributed by atoms with Crippen LogP contribution in [0.4, 0.5) is 0 Å². The van der Waals surface area contributed by atoms with Crippen LogP contribution in [0.15, 0.2) is 12.2 Å². The number of carbonyl (C=O) groups is 1. The van der Waals surface area contributed by atoms with Crippen molar-refractivity contribution >= 4 is 21.7 Å². The smallest absolute Gasteiger partial charge is 0.316 e. The number of hydrogen-bond donors (Lipinski definition) is 3. The summed E-state index contributed by atoms with van der Waals surface area (Å²) in [5.41, 5.74) is 0. The number of unbranched alkanes of at least 4 members (excludes halogenated alkanes) is 2. The highest BCUT2D eigenvalue weighted by Gasteiger charge is 2.36. The monoisotopic (exact) mass is 377 g/mol. The topological polar surface area (TPSA) is 118 Å². The van der Waals surface area contributed by atoms with Crippen LogP contribution in [0.5, 0.6) is 0 Å². The minimum Gasteiger partial charge on any atom is -0.392 e. The fraction of sp³-hybridized carbons (Fsp3) is 0.750. The number of hydrogen-bond acceptors (Lipinski definition) is 6. The Morgan fingerprint density at radius 1 is 1.40 bits per heavy atom. The van der Waals surface area contributed by atoms with Gasteiger partial charge >= 0.3 is 5.84 Å². The van der Waals surface area contributed by atoms with Crippen LogP contribution in [0.25, 0.3) is 0 Å². The zero-order valence-corrected chi connectivity index (χ0v) is 15.5. The van der Waals surface area contributed by atoms with Crippen molar-refractivity contribution in [3.05, 3.63) is 12.2 Å². The average molecular weight is 377 g/mol. The minimum atomic E-state index is -4.28. The molecule has 1 aliphatic heterocycles. The van der Waals surface area contributed by atoms with Crippen molar-refractivity contribution in [1.29, 1.82) is 0 Å². The van der Waals surface area contributed by atoms with Gasteiger partial charge in [-0.1, -0.05) is 12.2 Å². The van der Waals surface area contributed by atoms with E-state index < -0.39 is 22.0 Å². The van der Waals surface area contributed by atoms with E-state index in [0.717, 1.165) is 19.3 Å². The van der Waals surface area contributed by atoms with E-state index in [1.165, 1.54) is 0 Å². The van der Waals surface area contributed by atoms with Crippen LogP contribution in [0.1, 0.15) is 32.6 Å². The highest BCUT2D eigenvalue weighted by atomic mass is 32.2. The second kappa shape index (κ2) is 10.6. The van der Waals surface area contributed by atoms with Crippen molar-refractivity contribution in [2.24, 2.45) is 0 Å². The van der Waals surface area contributed by atoms with Crippen molar-refractivity contribution in [2.45, 2.75) is 38.7 Å². The van der Waals surface area contributed by atoms with E-state index in [-0.39, 0.29) is 18.9 Å². The maximum absolute atomic E-state index is 12.6. The van der Waals surface area contributed by atoms with Crippen LogP contribution in [0, 0.1) is 0 Å². The van der Waals surface area contributed by atoms with E-state index in [4.69, 9.17) is 9.66 Å². The Hall–Kier alpha value is -1.29. The van der Waals surface area contributed by atoms with Crippen molar-refractivity contribution in [2.75, 3.05) is 38.5 Å². The molecular weight excluding hydrogens is 348 g/mol. The van der Waals surface area contributed by atoms with Crippen molar-refractivity contribution < 1.29 is 32.6 Å². The molecule has 1 heterocycles. The zero-order chi connectivity index (χ0) is 18.9. The second-order valence-corrected chi connectivity index (χ2v) is 7.62. The number of carbonyl (C=O) groups excluding carboxylic acids is 1. The summed E-state index contributed by atoms with van der Waals surface area (Å²) in [6.07, 6.45) is 5.63. The van der Waals surface area contributed by atoms with Gasteiger partial charge in [0.15, 0.2) is 0 Å². The van der Waals surface area contributed by atoms with Gasteiger partial charge in [0, 0.05) is 6.42 Å². The molecule has 144 valence electrons. The molecule has 1 aliphatic rings. The Kier molecular flexibility index (Phi) is 9.26. The molecule has 0 bridgehead atoms. The molecule has 8 nitrogen and oxygen atoms in total.